The van der Waals surface area contributed by atoms with Crippen molar-refractivity contribution in [2.24, 2.45) is 0 Å². The number of hydrogen-bond acceptors (Lipinski definition) is 4. The van der Waals surface area contributed by atoms with Crippen LogP contribution >= 0.6 is 0 Å². The second kappa shape index (κ2) is 4.89. The SMILES string of the molecule is CCc1c(C)nc(-c2cncc3ccccc23)nc1N. The van der Waals surface area contributed by atoms with Gasteiger partial charge in [-0.2, -0.15) is 0 Å². The van der Waals surface area contributed by atoms with E-state index in [1.807, 2.05) is 31.3 Å². The number of aryl methyl sites for hydroxylation is 1. The number of pyridine rings is 1. The number of nitrogen functional groups attached to an aromatic ring is 1. The number of aromatic nitrogens is 3. The Morgan fingerprint density at radius 1 is 1.10 bits per heavy atom. The van der Waals surface area contributed by atoms with E-state index >= 15 is 0 Å². The van der Waals surface area contributed by atoms with Gasteiger partial charge in [-0.15, -0.1) is 0 Å². The normalized spacial score (nSPS) is 10.9. The molecule has 3 aromatic rings. The van der Waals surface area contributed by atoms with Gasteiger partial charge in [0.15, 0.2) is 5.82 Å². The van der Waals surface area contributed by atoms with Crippen LogP contribution in [0, 0.1) is 6.92 Å². The zero-order valence-corrected chi connectivity index (χ0v) is 11.6. The summed E-state index contributed by atoms with van der Waals surface area (Å²) in [5, 5.41) is 2.16. The molecule has 0 aliphatic rings. The summed E-state index contributed by atoms with van der Waals surface area (Å²) in [7, 11) is 0. The third kappa shape index (κ3) is 1.99. The average molecular weight is 264 g/mol. The predicted octanol–water partition coefficient (Wildman–Crippen LogP) is 3.14. The van der Waals surface area contributed by atoms with E-state index in [0.29, 0.717) is 11.6 Å². The molecular weight excluding hydrogens is 248 g/mol. The Morgan fingerprint density at radius 3 is 2.65 bits per heavy atom. The minimum Gasteiger partial charge on any atom is -0.383 e. The highest BCUT2D eigenvalue weighted by Crippen LogP contribution is 2.27. The van der Waals surface area contributed by atoms with Crippen LogP contribution in [0.25, 0.3) is 22.2 Å². The fraction of sp³-hybridized carbons (Fsp3) is 0.188. The van der Waals surface area contributed by atoms with Crippen LogP contribution in [-0.4, -0.2) is 15.0 Å². The largest absolute Gasteiger partial charge is 0.383 e. The monoisotopic (exact) mass is 264 g/mol. The molecular formula is C16H16N4. The molecule has 0 bridgehead atoms. The van der Waals surface area contributed by atoms with Crippen LogP contribution in [0.1, 0.15) is 18.2 Å². The number of nitrogens with zero attached hydrogens (tertiary/aromatic N) is 3. The molecule has 3 rings (SSSR count). The van der Waals surface area contributed by atoms with E-state index in [4.69, 9.17) is 5.73 Å². The van der Waals surface area contributed by atoms with Crippen LogP contribution in [0.15, 0.2) is 36.7 Å². The molecule has 2 heterocycles. The standard InChI is InChI=1S/C16H16N4/c1-3-12-10(2)19-16(20-15(12)17)14-9-18-8-11-6-4-5-7-13(11)14/h4-9H,3H2,1-2H3,(H2,17,19,20). The minimum atomic E-state index is 0.558. The molecule has 0 aliphatic carbocycles. The third-order valence-electron chi connectivity index (χ3n) is 3.51. The number of fused-ring (bicyclic) bond motifs is 1. The lowest BCUT2D eigenvalue weighted by Gasteiger charge is -2.10. The Bertz CT molecular complexity index is 752. The summed E-state index contributed by atoms with van der Waals surface area (Å²) < 4.78 is 0. The molecule has 1 aromatic carbocycles. The molecule has 0 saturated carbocycles. The van der Waals surface area contributed by atoms with Crippen molar-refractivity contribution < 1.29 is 0 Å². The van der Waals surface area contributed by atoms with Crippen LogP contribution in [0.2, 0.25) is 0 Å². The molecule has 2 aromatic heterocycles. The number of hydrogen-bond donors (Lipinski definition) is 1. The van der Waals surface area contributed by atoms with Gasteiger partial charge in [-0.1, -0.05) is 31.2 Å². The smallest absolute Gasteiger partial charge is 0.163 e. The molecule has 4 heteroatoms. The van der Waals surface area contributed by atoms with E-state index in [-0.39, 0.29) is 0 Å². The van der Waals surface area contributed by atoms with Gasteiger partial charge in [-0.3, -0.25) is 4.98 Å². The first kappa shape index (κ1) is 12.5. The van der Waals surface area contributed by atoms with Crippen molar-refractivity contribution in [1.29, 1.82) is 0 Å². The van der Waals surface area contributed by atoms with E-state index in [1.54, 1.807) is 6.20 Å². The van der Waals surface area contributed by atoms with Crippen LogP contribution in [0.3, 0.4) is 0 Å². The van der Waals surface area contributed by atoms with Crippen LogP contribution < -0.4 is 5.73 Å². The summed E-state index contributed by atoms with van der Waals surface area (Å²) in [6.07, 6.45) is 4.48. The van der Waals surface area contributed by atoms with Gasteiger partial charge in [0.05, 0.1) is 0 Å². The summed E-state index contributed by atoms with van der Waals surface area (Å²) in [5.41, 5.74) is 8.91. The number of rotatable bonds is 2. The first-order chi connectivity index (χ1) is 9.70. The van der Waals surface area contributed by atoms with Crippen LogP contribution in [0.5, 0.6) is 0 Å². The Balaban J connectivity index is 2.26. The van der Waals surface area contributed by atoms with Crippen molar-refractivity contribution in [1.82, 2.24) is 15.0 Å². The first-order valence-corrected chi connectivity index (χ1v) is 6.66. The molecule has 2 N–H and O–H groups in total. The molecule has 0 aliphatic heterocycles. The second-order valence-electron chi connectivity index (χ2n) is 4.76. The molecule has 0 amide bonds. The Labute approximate surface area is 117 Å². The van der Waals surface area contributed by atoms with Gasteiger partial charge >= 0.3 is 0 Å². The summed E-state index contributed by atoms with van der Waals surface area (Å²) in [5.74, 6) is 1.20. The molecule has 0 unspecified atom stereocenters. The van der Waals surface area contributed by atoms with Crippen LogP contribution in [-0.2, 0) is 6.42 Å². The van der Waals surface area contributed by atoms with Gasteiger partial charge in [0.25, 0.3) is 0 Å². The summed E-state index contributed by atoms with van der Waals surface area (Å²) in [6, 6.07) is 8.08. The average Bonchev–Trinajstić information content (AvgIpc) is 2.46. The van der Waals surface area contributed by atoms with E-state index < -0.39 is 0 Å². The summed E-state index contributed by atoms with van der Waals surface area (Å²) in [4.78, 5) is 13.3. The van der Waals surface area contributed by atoms with Gasteiger partial charge in [0.2, 0.25) is 0 Å². The summed E-state index contributed by atoms with van der Waals surface area (Å²) >= 11 is 0. The molecule has 0 atom stereocenters. The maximum atomic E-state index is 6.04. The molecule has 100 valence electrons. The van der Waals surface area contributed by atoms with Crippen molar-refractivity contribution in [3.05, 3.63) is 47.9 Å². The van der Waals surface area contributed by atoms with E-state index in [0.717, 1.165) is 34.0 Å². The lowest BCUT2D eigenvalue weighted by Crippen LogP contribution is -2.04. The van der Waals surface area contributed by atoms with Crippen molar-refractivity contribution in [3.63, 3.8) is 0 Å². The predicted molar refractivity (Wildman–Crippen MR) is 81.3 cm³/mol. The number of benzene rings is 1. The second-order valence-corrected chi connectivity index (χ2v) is 4.76. The third-order valence-corrected chi connectivity index (χ3v) is 3.51. The Morgan fingerprint density at radius 2 is 1.90 bits per heavy atom. The van der Waals surface area contributed by atoms with Crippen LogP contribution in [0.4, 0.5) is 5.82 Å². The lowest BCUT2D eigenvalue weighted by atomic mass is 10.1. The fourth-order valence-electron chi connectivity index (χ4n) is 2.47. The van der Waals surface area contributed by atoms with Gasteiger partial charge in [-0.25, -0.2) is 9.97 Å². The molecule has 0 saturated heterocycles. The molecule has 20 heavy (non-hydrogen) atoms. The van der Waals surface area contributed by atoms with Gasteiger partial charge in [0.1, 0.15) is 5.82 Å². The first-order valence-electron chi connectivity index (χ1n) is 6.66. The van der Waals surface area contributed by atoms with Gasteiger partial charge in [-0.05, 0) is 18.7 Å². The van der Waals surface area contributed by atoms with Gasteiger partial charge in [0, 0.05) is 34.6 Å². The maximum Gasteiger partial charge on any atom is 0.163 e. The zero-order valence-electron chi connectivity index (χ0n) is 11.6. The Kier molecular flexibility index (Phi) is 3.06. The van der Waals surface area contributed by atoms with Crippen molar-refractivity contribution in [2.75, 3.05) is 5.73 Å². The highest BCUT2D eigenvalue weighted by molar-refractivity contribution is 5.94. The maximum absolute atomic E-state index is 6.04. The molecule has 0 spiro atoms. The van der Waals surface area contributed by atoms with E-state index in [2.05, 4.69) is 27.9 Å². The number of anilines is 1. The fourth-order valence-corrected chi connectivity index (χ4v) is 2.47. The summed E-state index contributed by atoms with van der Waals surface area (Å²) in [6.45, 7) is 4.03. The van der Waals surface area contributed by atoms with Crippen molar-refractivity contribution in [2.45, 2.75) is 20.3 Å². The van der Waals surface area contributed by atoms with Gasteiger partial charge < -0.3 is 5.73 Å². The highest BCUT2D eigenvalue weighted by Gasteiger charge is 2.11. The topological polar surface area (TPSA) is 64.7 Å². The minimum absolute atomic E-state index is 0.558. The number of nitrogens with two attached hydrogens (primary N) is 1. The van der Waals surface area contributed by atoms with Crippen molar-refractivity contribution in [3.8, 4) is 11.4 Å². The quantitative estimate of drug-likeness (QED) is 0.772. The highest BCUT2D eigenvalue weighted by atomic mass is 15.0. The molecule has 4 nitrogen and oxygen atoms in total. The Hall–Kier alpha value is -2.49. The van der Waals surface area contributed by atoms with Crippen molar-refractivity contribution >= 4 is 16.6 Å². The lowest BCUT2D eigenvalue weighted by molar-refractivity contribution is 1.01. The van der Waals surface area contributed by atoms with E-state index in [9.17, 15) is 0 Å². The zero-order chi connectivity index (χ0) is 14.1. The molecule has 0 fully saturated rings. The molecule has 0 radical (unpaired) electrons. The van der Waals surface area contributed by atoms with E-state index in [1.165, 1.54) is 0 Å².